The molecule has 2 amide bonds. The predicted octanol–water partition coefficient (Wildman–Crippen LogP) is 3.52. The van der Waals surface area contributed by atoms with Crippen molar-refractivity contribution in [3.8, 4) is 0 Å². The molecule has 0 aromatic heterocycles. The molecule has 2 heterocycles. The molecule has 1 unspecified atom stereocenters. The van der Waals surface area contributed by atoms with Crippen LogP contribution >= 0.6 is 24.0 Å². The van der Waals surface area contributed by atoms with Gasteiger partial charge >= 0.3 is 0 Å². The summed E-state index contributed by atoms with van der Waals surface area (Å²) in [6, 6.07) is 13.8. The smallest absolute Gasteiger partial charge is 0.238 e. The number of carbonyl (C=O) groups is 2. The second kappa shape index (κ2) is 9.11. The maximum atomic E-state index is 14.0. The van der Waals surface area contributed by atoms with Gasteiger partial charge in [-0.1, -0.05) is 35.9 Å². The summed E-state index contributed by atoms with van der Waals surface area (Å²) >= 11 is 6.03. The minimum absolute atomic E-state index is 0. The summed E-state index contributed by atoms with van der Waals surface area (Å²) in [4.78, 5) is 30.6. The van der Waals surface area contributed by atoms with Crippen molar-refractivity contribution >= 4 is 41.5 Å². The lowest BCUT2D eigenvalue weighted by atomic mass is 9.98. The van der Waals surface area contributed by atoms with Gasteiger partial charge in [-0.05, 0) is 29.8 Å². The minimum atomic E-state index is -0.467. The van der Waals surface area contributed by atoms with Gasteiger partial charge in [0, 0.05) is 37.6 Å². The van der Waals surface area contributed by atoms with Crippen LogP contribution in [0.5, 0.6) is 0 Å². The molecule has 154 valence electrons. The number of likely N-dealkylation sites (tertiary alicyclic amines) is 1. The SMILES string of the molecule is Cl.O=C1CC(c2cccc(Cl)c2)C(=O)N1CN1CCN(c2ccccc2F)CC1. The third-order valence-electron chi connectivity index (χ3n) is 5.40. The normalized spacial score (nSPS) is 20.1. The summed E-state index contributed by atoms with van der Waals surface area (Å²) in [5.74, 6) is -1.04. The molecule has 0 saturated carbocycles. The summed E-state index contributed by atoms with van der Waals surface area (Å²) in [5.41, 5.74) is 1.37. The molecule has 29 heavy (non-hydrogen) atoms. The van der Waals surface area contributed by atoms with Crippen molar-refractivity contribution in [1.82, 2.24) is 9.80 Å². The first kappa shape index (κ1) is 21.6. The van der Waals surface area contributed by atoms with E-state index in [1.54, 1.807) is 30.3 Å². The number of benzene rings is 2. The zero-order valence-electron chi connectivity index (χ0n) is 15.8. The Morgan fingerprint density at radius 2 is 1.72 bits per heavy atom. The summed E-state index contributed by atoms with van der Waals surface area (Å²) in [6.07, 6.45) is 0.175. The van der Waals surface area contributed by atoms with Crippen molar-refractivity contribution in [2.24, 2.45) is 0 Å². The van der Waals surface area contributed by atoms with Crippen LogP contribution in [0.25, 0.3) is 0 Å². The third kappa shape index (κ3) is 4.55. The molecule has 0 spiro atoms. The fourth-order valence-corrected chi connectivity index (χ4v) is 4.05. The van der Waals surface area contributed by atoms with E-state index >= 15 is 0 Å². The molecule has 2 saturated heterocycles. The number of hydrogen-bond acceptors (Lipinski definition) is 4. The minimum Gasteiger partial charge on any atom is -0.367 e. The third-order valence-corrected chi connectivity index (χ3v) is 5.64. The molecule has 8 heteroatoms. The summed E-state index contributed by atoms with van der Waals surface area (Å²) in [6.45, 7) is 2.89. The zero-order chi connectivity index (χ0) is 19.7. The second-order valence-corrected chi connectivity index (χ2v) is 7.61. The van der Waals surface area contributed by atoms with Crippen LogP contribution < -0.4 is 4.90 Å². The van der Waals surface area contributed by atoms with Crippen LogP contribution in [0.1, 0.15) is 17.9 Å². The Bertz CT molecular complexity index is 903. The Morgan fingerprint density at radius 3 is 2.41 bits per heavy atom. The van der Waals surface area contributed by atoms with E-state index < -0.39 is 5.92 Å². The first-order chi connectivity index (χ1) is 13.5. The van der Waals surface area contributed by atoms with Crippen LogP contribution in [0.3, 0.4) is 0 Å². The van der Waals surface area contributed by atoms with Gasteiger partial charge in [-0.25, -0.2) is 4.39 Å². The van der Waals surface area contributed by atoms with Crippen molar-refractivity contribution in [2.45, 2.75) is 12.3 Å². The van der Waals surface area contributed by atoms with Crippen molar-refractivity contribution in [2.75, 3.05) is 37.7 Å². The van der Waals surface area contributed by atoms with E-state index in [2.05, 4.69) is 4.90 Å². The van der Waals surface area contributed by atoms with Gasteiger partial charge in [-0.15, -0.1) is 12.4 Å². The van der Waals surface area contributed by atoms with Crippen LogP contribution in [-0.4, -0.2) is 54.5 Å². The highest BCUT2D eigenvalue weighted by atomic mass is 35.5. The molecule has 2 aliphatic heterocycles. The van der Waals surface area contributed by atoms with Gasteiger partial charge in [0.25, 0.3) is 0 Å². The molecule has 1 atom stereocenters. The van der Waals surface area contributed by atoms with Gasteiger partial charge in [-0.3, -0.25) is 19.4 Å². The molecule has 0 N–H and O–H groups in total. The zero-order valence-corrected chi connectivity index (χ0v) is 17.3. The van der Waals surface area contributed by atoms with E-state index in [-0.39, 0.29) is 43.1 Å². The average molecular weight is 438 g/mol. The van der Waals surface area contributed by atoms with Gasteiger partial charge < -0.3 is 4.90 Å². The number of carbonyl (C=O) groups excluding carboxylic acids is 2. The molecule has 4 rings (SSSR count). The number of halogens is 3. The van der Waals surface area contributed by atoms with Crippen LogP contribution in [0.4, 0.5) is 10.1 Å². The van der Waals surface area contributed by atoms with Gasteiger partial charge in [0.05, 0.1) is 18.3 Å². The molecule has 0 radical (unpaired) electrons. The summed E-state index contributed by atoms with van der Waals surface area (Å²) in [5, 5.41) is 0.556. The van der Waals surface area contributed by atoms with Crippen LogP contribution in [-0.2, 0) is 9.59 Å². The largest absolute Gasteiger partial charge is 0.367 e. The highest BCUT2D eigenvalue weighted by Gasteiger charge is 2.40. The van der Waals surface area contributed by atoms with Gasteiger partial charge in [-0.2, -0.15) is 0 Å². The first-order valence-corrected chi connectivity index (χ1v) is 9.72. The van der Waals surface area contributed by atoms with Gasteiger partial charge in [0.15, 0.2) is 0 Å². The Hall–Kier alpha value is -2.15. The summed E-state index contributed by atoms with van der Waals surface area (Å²) < 4.78 is 14.0. The van der Waals surface area contributed by atoms with Gasteiger partial charge in [0.1, 0.15) is 5.82 Å². The maximum absolute atomic E-state index is 14.0. The lowest BCUT2D eigenvalue weighted by Crippen LogP contribution is -2.51. The number of amides is 2. The van der Waals surface area contributed by atoms with Crippen LogP contribution in [0.15, 0.2) is 48.5 Å². The standard InChI is InChI=1S/C21H21ClFN3O2.ClH/c22-16-5-3-4-15(12-16)17-13-20(27)26(21(17)28)14-24-8-10-25(11-9-24)19-7-2-1-6-18(19)23;/h1-7,12,17H,8-11,13-14H2;1H. The number of para-hydroxylation sites is 1. The van der Waals surface area contributed by atoms with Crippen molar-refractivity contribution in [3.63, 3.8) is 0 Å². The lowest BCUT2D eigenvalue weighted by molar-refractivity contribution is -0.141. The number of rotatable bonds is 4. The lowest BCUT2D eigenvalue weighted by Gasteiger charge is -2.37. The molecule has 2 aromatic carbocycles. The van der Waals surface area contributed by atoms with E-state index in [1.165, 1.54) is 11.0 Å². The quantitative estimate of drug-likeness (QED) is 0.686. The summed E-state index contributed by atoms with van der Waals surface area (Å²) in [7, 11) is 0. The molecule has 2 aliphatic rings. The maximum Gasteiger partial charge on any atom is 0.238 e. The Balaban J connectivity index is 0.00000240. The topological polar surface area (TPSA) is 43.9 Å². The van der Waals surface area contributed by atoms with Gasteiger partial charge in [0.2, 0.25) is 11.8 Å². The number of piperazine rings is 1. The Labute approximate surface area is 180 Å². The number of hydrogen-bond donors (Lipinski definition) is 0. The van der Waals surface area contributed by atoms with Crippen molar-refractivity contribution < 1.29 is 14.0 Å². The van der Waals surface area contributed by atoms with Crippen molar-refractivity contribution in [3.05, 3.63) is 64.9 Å². The number of anilines is 1. The molecule has 2 aromatic rings. The molecule has 5 nitrogen and oxygen atoms in total. The molecule has 2 fully saturated rings. The highest BCUT2D eigenvalue weighted by molar-refractivity contribution is 6.30. The van der Waals surface area contributed by atoms with E-state index in [4.69, 9.17) is 11.6 Å². The monoisotopic (exact) mass is 437 g/mol. The number of imide groups is 1. The van der Waals surface area contributed by atoms with E-state index in [0.29, 0.717) is 36.9 Å². The highest BCUT2D eigenvalue weighted by Crippen LogP contribution is 2.31. The molecular weight excluding hydrogens is 416 g/mol. The Morgan fingerprint density at radius 1 is 1.00 bits per heavy atom. The molecule has 0 aliphatic carbocycles. The average Bonchev–Trinajstić information content (AvgIpc) is 2.97. The molecular formula is C21H22Cl2FN3O2. The van der Waals surface area contributed by atoms with Crippen LogP contribution in [0, 0.1) is 5.82 Å². The van der Waals surface area contributed by atoms with E-state index in [0.717, 1.165) is 5.56 Å². The number of nitrogens with zero attached hydrogens (tertiary/aromatic N) is 3. The Kier molecular flexibility index (Phi) is 6.77. The molecule has 0 bridgehead atoms. The van der Waals surface area contributed by atoms with Crippen molar-refractivity contribution in [1.29, 1.82) is 0 Å². The fraction of sp³-hybridized carbons (Fsp3) is 0.333. The van der Waals surface area contributed by atoms with E-state index in [9.17, 15) is 14.0 Å². The van der Waals surface area contributed by atoms with Crippen LogP contribution in [0.2, 0.25) is 5.02 Å². The first-order valence-electron chi connectivity index (χ1n) is 9.34. The predicted molar refractivity (Wildman–Crippen MR) is 113 cm³/mol. The second-order valence-electron chi connectivity index (χ2n) is 7.17. The fourth-order valence-electron chi connectivity index (χ4n) is 3.85. The van der Waals surface area contributed by atoms with E-state index in [1.807, 2.05) is 17.0 Å².